The summed E-state index contributed by atoms with van der Waals surface area (Å²) in [6.07, 6.45) is 3.09. The van der Waals surface area contributed by atoms with Gasteiger partial charge in [-0.3, -0.25) is 15.1 Å². The minimum Gasteiger partial charge on any atom is -0.463 e. The fraction of sp³-hybridized carbons (Fsp3) is 0. The van der Waals surface area contributed by atoms with Crippen LogP contribution in [-0.2, 0) is 0 Å². The number of hydrogen-bond acceptors (Lipinski definition) is 5. The molecular formula is C12H7N3O3. The summed E-state index contributed by atoms with van der Waals surface area (Å²) in [7, 11) is 0. The summed E-state index contributed by atoms with van der Waals surface area (Å²) in [5, 5.41) is 10.6. The number of fused-ring (bicyclic) bond motifs is 1. The molecule has 6 heteroatoms. The first-order chi connectivity index (χ1) is 8.74. The van der Waals surface area contributed by atoms with Crippen molar-refractivity contribution >= 4 is 16.7 Å². The summed E-state index contributed by atoms with van der Waals surface area (Å²) in [5.74, 6) is 0.614. The zero-order valence-electron chi connectivity index (χ0n) is 9.11. The topological polar surface area (TPSA) is 82.1 Å². The maximum atomic E-state index is 10.6. The van der Waals surface area contributed by atoms with Crippen molar-refractivity contribution in [2.24, 2.45) is 0 Å². The van der Waals surface area contributed by atoms with E-state index in [9.17, 15) is 10.1 Å². The van der Waals surface area contributed by atoms with Gasteiger partial charge in [0.05, 0.1) is 28.4 Å². The van der Waals surface area contributed by atoms with Crippen LogP contribution in [0.25, 0.3) is 22.5 Å². The maximum Gasteiger partial charge on any atom is 0.271 e. The number of nitro groups is 1. The third-order valence-corrected chi connectivity index (χ3v) is 2.51. The van der Waals surface area contributed by atoms with Gasteiger partial charge in [0.15, 0.2) is 5.76 Å². The van der Waals surface area contributed by atoms with E-state index in [1.807, 2.05) is 0 Å². The van der Waals surface area contributed by atoms with Crippen molar-refractivity contribution in [3.05, 3.63) is 52.9 Å². The zero-order chi connectivity index (χ0) is 12.5. The van der Waals surface area contributed by atoms with Crippen LogP contribution in [0.4, 0.5) is 5.69 Å². The van der Waals surface area contributed by atoms with E-state index in [-0.39, 0.29) is 5.69 Å². The molecule has 0 aliphatic heterocycles. The van der Waals surface area contributed by atoms with Crippen LogP contribution in [-0.4, -0.2) is 14.9 Å². The van der Waals surface area contributed by atoms with Crippen LogP contribution in [0.15, 0.2) is 47.2 Å². The Morgan fingerprint density at radius 1 is 1.22 bits per heavy atom. The minimum absolute atomic E-state index is 0.00236. The van der Waals surface area contributed by atoms with E-state index in [1.54, 1.807) is 24.5 Å². The number of furan rings is 1. The number of aromatic nitrogens is 2. The quantitative estimate of drug-likeness (QED) is 0.509. The van der Waals surface area contributed by atoms with Gasteiger partial charge in [-0.05, 0) is 18.2 Å². The molecule has 0 fully saturated rings. The molecule has 0 unspecified atom stereocenters. The van der Waals surface area contributed by atoms with E-state index in [0.29, 0.717) is 22.5 Å². The first-order valence-electron chi connectivity index (χ1n) is 5.19. The Bertz CT molecular complexity index is 723. The van der Waals surface area contributed by atoms with Crippen LogP contribution in [0.2, 0.25) is 0 Å². The van der Waals surface area contributed by atoms with E-state index >= 15 is 0 Å². The SMILES string of the molecule is O=[N+]([O-])c1ccc2nc(-c3ccco3)cnc2c1. The molecule has 6 nitrogen and oxygen atoms in total. The average molecular weight is 241 g/mol. The summed E-state index contributed by atoms with van der Waals surface area (Å²) in [6.45, 7) is 0. The first-order valence-corrected chi connectivity index (χ1v) is 5.19. The van der Waals surface area contributed by atoms with Crippen LogP contribution in [0.5, 0.6) is 0 Å². The lowest BCUT2D eigenvalue weighted by Crippen LogP contribution is -1.91. The number of hydrogen-bond donors (Lipinski definition) is 0. The van der Waals surface area contributed by atoms with Gasteiger partial charge >= 0.3 is 0 Å². The van der Waals surface area contributed by atoms with Crippen molar-refractivity contribution in [1.82, 2.24) is 9.97 Å². The van der Waals surface area contributed by atoms with E-state index < -0.39 is 4.92 Å². The molecule has 0 saturated carbocycles. The molecule has 2 heterocycles. The van der Waals surface area contributed by atoms with Gasteiger partial charge < -0.3 is 4.42 Å². The third-order valence-electron chi connectivity index (χ3n) is 2.51. The van der Waals surface area contributed by atoms with Crippen LogP contribution >= 0.6 is 0 Å². The normalized spacial score (nSPS) is 10.7. The molecule has 0 N–H and O–H groups in total. The number of nitro benzene ring substituents is 1. The van der Waals surface area contributed by atoms with Gasteiger partial charge in [-0.25, -0.2) is 4.98 Å². The molecule has 0 bridgehead atoms. The first kappa shape index (κ1) is 10.4. The molecule has 1 aromatic carbocycles. The molecule has 18 heavy (non-hydrogen) atoms. The van der Waals surface area contributed by atoms with Crippen molar-refractivity contribution in [3.63, 3.8) is 0 Å². The van der Waals surface area contributed by atoms with Gasteiger partial charge in [-0.2, -0.15) is 0 Å². The molecule has 3 rings (SSSR count). The molecule has 0 saturated heterocycles. The van der Waals surface area contributed by atoms with Gasteiger partial charge in [0.2, 0.25) is 0 Å². The standard InChI is InChI=1S/C12H7N3O3/c16-15(17)8-3-4-9-10(6-8)13-7-11(14-9)12-2-1-5-18-12/h1-7H. The molecule has 88 valence electrons. The van der Waals surface area contributed by atoms with E-state index in [1.165, 1.54) is 18.3 Å². The fourth-order valence-electron chi connectivity index (χ4n) is 1.66. The van der Waals surface area contributed by atoms with Gasteiger partial charge in [0.1, 0.15) is 5.69 Å². The summed E-state index contributed by atoms with van der Waals surface area (Å²) in [4.78, 5) is 18.7. The van der Waals surface area contributed by atoms with Crippen molar-refractivity contribution in [1.29, 1.82) is 0 Å². The summed E-state index contributed by atoms with van der Waals surface area (Å²) in [6, 6.07) is 7.92. The Hall–Kier alpha value is -2.76. The van der Waals surface area contributed by atoms with Gasteiger partial charge in [-0.1, -0.05) is 0 Å². The zero-order valence-corrected chi connectivity index (χ0v) is 9.11. The summed E-state index contributed by atoms with van der Waals surface area (Å²) in [5.41, 5.74) is 1.68. The molecular weight excluding hydrogens is 234 g/mol. The molecule has 3 aromatic rings. The molecule has 0 aliphatic rings. The summed E-state index contributed by atoms with van der Waals surface area (Å²) < 4.78 is 5.22. The maximum absolute atomic E-state index is 10.6. The third kappa shape index (κ3) is 1.69. The van der Waals surface area contributed by atoms with Crippen molar-refractivity contribution in [3.8, 4) is 11.5 Å². The van der Waals surface area contributed by atoms with E-state index in [2.05, 4.69) is 9.97 Å². The van der Waals surface area contributed by atoms with Crippen molar-refractivity contribution in [2.45, 2.75) is 0 Å². The van der Waals surface area contributed by atoms with Gasteiger partial charge in [0.25, 0.3) is 5.69 Å². The number of benzene rings is 1. The highest BCUT2D eigenvalue weighted by Crippen LogP contribution is 2.22. The van der Waals surface area contributed by atoms with Crippen LogP contribution < -0.4 is 0 Å². The molecule has 2 aromatic heterocycles. The van der Waals surface area contributed by atoms with Crippen LogP contribution in [0, 0.1) is 10.1 Å². The van der Waals surface area contributed by atoms with Crippen LogP contribution in [0.1, 0.15) is 0 Å². The highest BCUT2D eigenvalue weighted by atomic mass is 16.6. The number of rotatable bonds is 2. The average Bonchev–Trinajstić information content (AvgIpc) is 2.91. The minimum atomic E-state index is -0.457. The van der Waals surface area contributed by atoms with E-state index in [0.717, 1.165) is 0 Å². The Labute approximate surface area is 101 Å². The smallest absolute Gasteiger partial charge is 0.271 e. The predicted molar refractivity (Wildman–Crippen MR) is 63.9 cm³/mol. The van der Waals surface area contributed by atoms with Gasteiger partial charge in [-0.15, -0.1) is 0 Å². The molecule has 0 aliphatic carbocycles. The molecule has 0 spiro atoms. The summed E-state index contributed by atoms with van der Waals surface area (Å²) >= 11 is 0. The molecule has 0 amide bonds. The van der Waals surface area contributed by atoms with E-state index in [4.69, 9.17) is 4.42 Å². The lowest BCUT2D eigenvalue weighted by Gasteiger charge is -1.99. The predicted octanol–water partition coefficient (Wildman–Crippen LogP) is 2.80. The largest absolute Gasteiger partial charge is 0.463 e. The second kappa shape index (κ2) is 3.92. The molecule has 0 radical (unpaired) electrons. The number of nitrogens with zero attached hydrogens (tertiary/aromatic N) is 3. The second-order valence-electron chi connectivity index (χ2n) is 3.66. The highest BCUT2D eigenvalue weighted by Gasteiger charge is 2.09. The van der Waals surface area contributed by atoms with Crippen LogP contribution in [0.3, 0.4) is 0 Å². The Morgan fingerprint density at radius 3 is 2.83 bits per heavy atom. The monoisotopic (exact) mass is 241 g/mol. The Kier molecular flexibility index (Phi) is 2.26. The molecule has 0 atom stereocenters. The fourth-order valence-corrected chi connectivity index (χ4v) is 1.66. The van der Waals surface area contributed by atoms with Crippen molar-refractivity contribution < 1.29 is 9.34 Å². The second-order valence-corrected chi connectivity index (χ2v) is 3.66. The Morgan fingerprint density at radius 2 is 2.11 bits per heavy atom. The van der Waals surface area contributed by atoms with Crippen molar-refractivity contribution in [2.75, 3.05) is 0 Å². The number of non-ortho nitro benzene ring substituents is 1. The lowest BCUT2D eigenvalue weighted by molar-refractivity contribution is -0.384. The lowest BCUT2D eigenvalue weighted by atomic mass is 10.2. The Balaban J connectivity index is 2.14. The van der Waals surface area contributed by atoms with Gasteiger partial charge in [0, 0.05) is 12.1 Å². The highest BCUT2D eigenvalue weighted by molar-refractivity contribution is 5.78.